The number of nitrogens with zero attached hydrogens (tertiary/aromatic N) is 3. The third kappa shape index (κ3) is 3.32. The van der Waals surface area contributed by atoms with Gasteiger partial charge in [-0.3, -0.25) is 4.79 Å². The van der Waals surface area contributed by atoms with Gasteiger partial charge in [0, 0.05) is 44.0 Å². The van der Waals surface area contributed by atoms with E-state index < -0.39 is 0 Å². The Morgan fingerprint density at radius 2 is 1.89 bits per heavy atom. The molecule has 0 atom stereocenters. The molecule has 4 nitrogen and oxygen atoms in total. The molecule has 1 aromatic carbocycles. The molecule has 0 spiro atoms. The first kappa shape index (κ1) is 13.5. The molecule has 1 heterocycles. The summed E-state index contributed by atoms with van der Waals surface area (Å²) >= 11 is 1.62. The molecule has 0 aliphatic carbocycles. The maximum absolute atomic E-state index is 11.7. The molecule has 0 aliphatic heterocycles. The Labute approximate surface area is 117 Å². The summed E-state index contributed by atoms with van der Waals surface area (Å²) < 4.78 is 0. The Kier molecular flexibility index (Phi) is 4.16. The average Bonchev–Trinajstić information content (AvgIpc) is 2.92. The van der Waals surface area contributed by atoms with Gasteiger partial charge >= 0.3 is 0 Å². The highest BCUT2D eigenvalue weighted by atomic mass is 32.1. The van der Waals surface area contributed by atoms with Gasteiger partial charge in [0.25, 0.3) is 0 Å². The van der Waals surface area contributed by atoms with Crippen LogP contribution >= 0.6 is 11.3 Å². The molecule has 2 rings (SSSR count). The Balaban J connectivity index is 2.08. The zero-order valence-electron chi connectivity index (χ0n) is 11.3. The van der Waals surface area contributed by atoms with E-state index in [0.717, 1.165) is 16.3 Å². The summed E-state index contributed by atoms with van der Waals surface area (Å²) in [7, 11) is 5.45. The minimum Gasteiger partial charge on any atom is -0.365 e. The Hall–Kier alpha value is -1.88. The smallest absolute Gasteiger partial charge is 0.241 e. The van der Waals surface area contributed by atoms with Crippen molar-refractivity contribution in [2.45, 2.75) is 0 Å². The SMILES string of the molecule is CN(C)C(=O)CN(C)c1ccc(-c2nccs2)cc1. The number of hydrogen-bond donors (Lipinski definition) is 0. The fourth-order valence-electron chi connectivity index (χ4n) is 1.66. The van der Waals surface area contributed by atoms with Crippen LogP contribution in [0.4, 0.5) is 5.69 Å². The molecule has 0 aliphatic rings. The highest BCUT2D eigenvalue weighted by Crippen LogP contribution is 2.24. The molecule has 0 saturated carbocycles. The van der Waals surface area contributed by atoms with E-state index in [9.17, 15) is 4.79 Å². The first-order valence-corrected chi connectivity index (χ1v) is 6.87. The van der Waals surface area contributed by atoms with Gasteiger partial charge in [-0.2, -0.15) is 0 Å². The predicted molar refractivity (Wildman–Crippen MR) is 79.5 cm³/mol. The van der Waals surface area contributed by atoms with Crippen LogP contribution in [0.3, 0.4) is 0 Å². The summed E-state index contributed by atoms with van der Waals surface area (Å²) in [5.74, 6) is 0.0894. The second kappa shape index (κ2) is 5.84. The van der Waals surface area contributed by atoms with E-state index in [4.69, 9.17) is 0 Å². The van der Waals surface area contributed by atoms with Crippen molar-refractivity contribution in [1.82, 2.24) is 9.88 Å². The van der Waals surface area contributed by atoms with Gasteiger partial charge in [-0.05, 0) is 24.3 Å². The average molecular weight is 275 g/mol. The number of amides is 1. The topological polar surface area (TPSA) is 36.4 Å². The lowest BCUT2D eigenvalue weighted by atomic mass is 10.2. The number of hydrogen-bond acceptors (Lipinski definition) is 4. The number of carbonyl (C=O) groups is 1. The third-order valence-electron chi connectivity index (χ3n) is 2.86. The quantitative estimate of drug-likeness (QED) is 0.859. The van der Waals surface area contributed by atoms with Crippen molar-refractivity contribution in [2.75, 3.05) is 32.6 Å². The number of carbonyl (C=O) groups excluding carboxylic acids is 1. The molecule has 1 amide bonds. The summed E-state index contributed by atoms with van der Waals surface area (Å²) in [6.45, 7) is 0.379. The van der Waals surface area contributed by atoms with Crippen LogP contribution in [0.25, 0.3) is 10.6 Å². The van der Waals surface area contributed by atoms with E-state index in [1.54, 1.807) is 36.5 Å². The van der Waals surface area contributed by atoms with Gasteiger partial charge in [0.2, 0.25) is 5.91 Å². The standard InChI is InChI=1S/C14H17N3OS/c1-16(2)13(18)10-17(3)12-6-4-11(5-7-12)14-15-8-9-19-14/h4-9H,10H2,1-3H3. The van der Waals surface area contributed by atoms with Crippen LogP contribution in [0.2, 0.25) is 0 Å². The fraction of sp³-hybridized carbons (Fsp3) is 0.286. The Morgan fingerprint density at radius 3 is 2.42 bits per heavy atom. The van der Waals surface area contributed by atoms with E-state index in [2.05, 4.69) is 4.98 Å². The largest absolute Gasteiger partial charge is 0.365 e. The molecule has 0 unspecified atom stereocenters. The summed E-state index contributed by atoms with van der Waals surface area (Å²) in [6, 6.07) is 8.09. The maximum Gasteiger partial charge on any atom is 0.241 e. The van der Waals surface area contributed by atoms with Gasteiger partial charge in [0.05, 0.1) is 6.54 Å². The highest BCUT2D eigenvalue weighted by Gasteiger charge is 2.09. The second-order valence-corrected chi connectivity index (χ2v) is 5.42. The summed E-state index contributed by atoms with van der Waals surface area (Å²) in [5, 5.41) is 2.98. The monoisotopic (exact) mass is 275 g/mol. The molecular weight excluding hydrogens is 258 g/mol. The molecule has 0 fully saturated rings. The van der Waals surface area contributed by atoms with Crippen LogP contribution in [0.5, 0.6) is 0 Å². The molecule has 100 valence electrons. The van der Waals surface area contributed by atoms with Crippen LogP contribution in [0.1, 0.15) is 0 Å². The van der Waals surface area contributed by atoms with Crippen LogP contribution in [0.15, 0.2) is 35.8 Å². The molecule has 1 aromatic heterocycles. The second-order valence-electron chi connectivity index (χ2n) is 4.53. The van der Waals surface area contributed by atoms with Gasteiger partial charge < -0.3 is 9.80 Å². The van der Waals surface area contributed by atoms with Crippen molar-refractivity contribution in [2.24, 2.45) is 0 Å². The minimum atomic E-state index is 0.0894. The number of benzene rings is 1. The fourth-order valence-corrected chi connectivity index (χ4v) is 2.30. The summed E-state index contributed by atoms with van der Waals surface area (Å²) in [6.07, 6.45) is 1.80. The highest BCUT2D eigenvalue weighted by molar-refractivity contribution is 7.13. The van der Waals surface area contributed by atoms with Crippen LogP contribution in [-0.2, 0) is 4.79 Å². The zero-order valence-corrected chi connectivity index (χ0v) is 12.1. The van der Waals surface area contributed by atoms with Crippen LogP contribution in [-0.4, -0.2) is 43.5 Å². The van der Waals surface area contributed by atoms with Gasteiger partial charge in [-0.1, -0.05) is 0 Å². The number of rotatable bonds is 4. The zero-order chi connectivity index (χ0) is 13.8. The van der Waals surface area contributed by atoms with E-state index in [1.807, 2.05) is 41.6 Å². The van der Waals surface area contributed by atoms with Crippen molar-refractivity contribution < 1.29 is 4.79 Å². The normalized spacial score (nSPS) is 10.3. The first-order chi connectivity index (χ1) is 9.08. The van der Waals surface area contributed by atoms with E-state index in [0.29, 0.717) is 6.54 Å². The molecule has 5 heteroatoms. The van der Waals surface area contributed by atoms with Crippen LogP contribution in [0, 0.1) is 0 Å². The first-order valence-electron chi connectivity index (χ1n) is 5.99. The van der Waals surface area contributed by atoms with Gasteiger partial charge in [-0.25, -0.2) is 4.98 Å². The van der Waals surface area contributed by atoms with E-state index in [-0.39, 0.29) is 5.91 Å². The molecule has 2 aromatic rings. The number of anilines is 1. The van der Waals surface area contributed by atoms with Gasteiger partial charge in [-0.15, -0.1) is 11.3 Å². The predicted octanol–water partition coefficient (Wildman–Crippen LogP) is 2.33. The Bertz CT molecular complexity index is 534. The van der Waals surface area contributed by atoms with Gasteiger partial charge in [0.1, 0.15) is 5.01 Å². The molecule has 0 radical (unpaired) electrons. The molecule has 0 saturated heterocycles. The lowest BCUT2D eigenvalue weighted by Gasteiger charge is -2.21. The van der Waals surface area contributed by atoms with Crippen molar-refractivity contribution >= 4 is 22.9 Å². The van der Waals surface area contributed by atoms with Crippen molar-refractivity contribution in [1.29, 1.82) is 0 Å². The van der Waals surface area contributed by atoms with Crippen molar-refractivity contribution in [3.05, 3.63) is 35.8 Å². The lowest BCUT2D eigenvalue weighted by molar-refractivity contribution is -0.127. The molecule has 19 heavy (non-hydrogen) atoms. The Morgan fingerprint density at radius 1 is 1.21 bits per heavy atom. The maximum atomic E-state index is 11.7. The van der Waals surface area contributed by atoms with E-state index in [1.165, 1.54) is 0 Å². The van der Waals surface area contributed by atoms with Crippen molar-refractivity contribution in [3.8, 4) is 10.6 Å². The number of aromatic nitrogens is 1. The number of likely N-dealkylation sites (N-methyl/N-ethyl adjacent to an activating group) is 2. The molecule has 0 N–H and O–H groups in total. The number of thiazole rings is 1. The summed E-state index contributed by atoms with van der Waals surface area (Å²) in [5.41, 5.74) is 2.13. The van der Waals surface area contributed by atoms with E-state index >= 15 is 0 Å². The minimum absolute atomic E-state index is 0.0894. The third-order valence-corrected chi connectivity index (χ3v) is 3.68. The molecular formula is C14H17N3OS. The van der Waals surface area contributed by atoms with Crippen molar-refractivity contribution in [3.63, 3.8) is 0 Å². The van der Waals surface area contributed by atoms with Crippen LogP contribution < -0.4 is 4.90 Å². The lowest BCUT2D eigenvalue weighted by Crippen LogP contribution is -2.34. The van der Waals surface area contributed by atoms with Gasteiger partial charge in [0.15, 0.2) is 0 Å². The summed E-state index contributed by atoms with van der Waals surface area (Å²) in [4.78, 5) is 19.5. The molecule has 0 bridgehead atoms.